The third kappa shape index (κ3) is 4.43. The molecule has 0 saturated carbocycles. The molecule has 1 aliphatic heterocycles. The van der Waals surface area contributed by atoms with Crippen molar-refractivity contribution in [2.24, 2.45) is 0 Å². The van der Waals surface area contributed by atoms with Gasteiger partial charge in [0, 0.05) is 26.2 Å². The van der Waals surface area contributed by atoms with Crippen molar-refractivity contribution >= 4 is 21.9 Å². The summed E-state index contributed by atoms with van der Waals surface area (Å²) < 4.78 is 29.4. The number of nitrogens with zero attached hydrogens (tertiary/aromatic N) is 2. The molecular weight excluding hydrogens is 288 g/mol. The number of carboxylic acid groups (broad SMARTS) is 1. The molecule has 1 N–H and O–H groups in total. The van der Waals surface area contributed by atoms with Crippen LogP contribution in [0, 0.1) is 0 Å². The van der Waals surface area contributed by atoms with E-state index in [2.05, 4.69) is 0 Å². The normalized spacial score (nSPS) is 21.2. The zero-order valence-corrected chi connectivity index (χ0v) is 12.4. The number of hydrogen-bond acceptors (Lipinski definition) is 5. The Balaban J connectivity index is 2.82. The number of amides is 1. The molecule has 1 amide bonds. The van der Waals surface area contributed by atoms with E-state index in [9.17, 15) is 18.0 Å². The topological polar surface area (TPSA) is 104 Å². The first-order valence-electron chi connectivity index (χ1n) is 6.32. The Kier molecular flexibility index (Phi) is 5.90. The van der Waals surface area contributed by atoms with Crippen LogP contribution in [0.15, 0.2) is 0 Å². The molecule has 1 aliphatic rings. The number of carboxylic acids is 1. The second-order valence-electron chi connectivity index (χ2n) is 4.51. The Hall–Kier alpha value is -1.19. The lowest BCUT2D eigenvalue weighted by atomic mass is 10.1. The maximum Gasteiger partial charge on any atom is 0.305 e. The molecule has 1 unspecified atom stereocenters. The number of sulfonamides is 1. The fraction of sp³-hybridized carbons (Fsp3) is 0.818. The van der Waals surface area contributed by atoms with Gasteiger partial charge in [-0.05, 0) is 6.92 Å². The first-order chi connectivity index (χ1) is 9.27. The zero-order valence-electron chi connectivity index (χ0n) is 11.6. The van der Waals surface area contributed by atoms with Crippen LogP contribution in [-0.4, -0.2) is 79.8 Å². The number of piperazine rings is 1. The van der Waals surface area contributed by atoms with E-state index in [4.69, 9.17) is 9.84 Å². The fourth-order valence-electron chi connectivity index (χ4n) is 2.11. The Morgan fingerprint density at radius 1 is 1.45 bits per heavy atom. The number of aliphatic carboxylic acids is 1. The van der Waals surface area contributed by atoms with Crippen molar-refractivity contribution in [1.29, 1.82) is 0 Å². The minimum Gasteiger partial charge on any atom is -0.481 e. The fourth-order valence-corrected chi connectivity index (χ4v) is 3.15. The van der Waals surface area contributed by atoms with Gasteiger partial charge in [-0.2, -0.15) is 4.31 Å². The summed E-state index contributed by atoms with van der Waals surface area (Å²) in [6.45, 7) is 3.39. The lowest BCUT2D eigenvalue weighted by Crippen LogP contribution is -2.59. The van der Waals surface area contributed by atoms with Gasteiger partial charge in [0.05, 0.1) is 19.3 Å². The predicted molar refractivity (Wildman–Crippen MR) is 70.7 cm³/mol. The highest BCUT2D eigenvalue weighted by atomic mass is 32.2. The third-order valence-corrected chi connectivity index (χ3v) is 4.33. The molecule has 8 nitrogen and oxygen atoms in total. The predicted octanol–water partition coefficient (Wildman–Crippen LogP) is -1.03. The monoisotopic (exact) mass is 308 g/mol. The molecule has 1 heterocycles. The van der Waals surface area contributed by atoms with Crippen molar-refractivity contribution in [1.82, 2.24) is 9.21 Å². The van der Waals surface area contributed by atoms with Gasteiger partial charge in [0.2, 0.25) is 15.9 Å². The summed E-state index contributed by atoms with van der Waals surface area (Å²) in [6.07, 6.45) is 0.446. The van der Waals surface area contributed by atoms with Gasteiger partial charge in [-0.15, -0.1) is 0 Å². The van der Waals surface area contributed by atoms with E-state index in [1.807, 2.05) is 6.92 Å². The quantitative estimate of drug-likeness (QED) is 0.603. The first-order valence-corrected chi connectivity index (χ1v) is 8.17. The minimum atomic E-state index is -3.61. The number of carbonyl (C=O) groups excluding carboxylic acids is 1. The van der Waals surface area contributed by atoms with E-state index in [1.165, 1.54) is 4.90 Å². The molecule has 1 rings (SSSR count). The summed E-state index contributed by atoms with van der Waals surface area (Å²) >= 11 is 0. The molecule has 116 valence electrons. The molecule has 0 aromatic carbocycles. The first kappa shape index (κ1) is 16.9. The summed E-state index contributed by atoms with van der Waals surface area (Å²) in [7, 11) is -3.61. The van der Waals surface area contributed by atoms with Crippen molar-refractivity contribution < 1.29 is 27.9 Å². The SMILES string of the molecule is CCOCCN1CCN(S(C)(=O)=O)C(CC(=O)O)C1=O. The van der Waals surface area contributed by atoms with Crippen molar-refractivity contribution in [3.8, 4) is 0 Å². The third-order valence-electron chi connectivity index (χ3n) is 3.04. The number of carbonyl (C=O) groups is 2. The Morgan fingerprint density at radius 2 is 2.10 bits per heavy atom. The number of ether oxygens (including phenoxy) is 1. The summed E-state index contributed by atoms with van der Waals surface area (Å²) in [6, 6.07) is -1.17. The van der Waals surface area contributed by atoms with Gasteiger partial charge in [-0.3, -0.25) is 9.59 Å². The van der Waals surface area contributed by atoms with Crippen LogP contribution in [0.25, 0.3) is 0 Å². The van der Waals surface area contributed by atoms with Crippen LogP contribution in [0.3, 0.4) is 0 Å². The van der Waals surface area contributed by atoms with Crippen LogP contribution in [0.1, 0.15) is 13.3 Å². The van der Waals surface area contributed by atoms with Gasteiger partial charge in [0.15, 0.2) is 0 Å². The maximum atomic E-state index is 12.2. The second-order valence-corrected chi connectivity index (χ2v) is 6.44. The molecular formula is C11H20N2O6S. The van der Waals surface area contributed by atoms with Gasteiger partial charge in [0.1, 0.15) is 6.04 Å². The van der Waals surface area contributed by atoms with E-state index in [0.717, 1.165) is 10.6 Å². The van der Waals surface area contributed by atoms with Crippen LogP contribution in [-0.2, 0) is 24.3 Å². The second kappa shape index (κ2) is 7.00. The lowest BCUT2D eigenvalue weighted by molar-refractivity contribution is -0.147. The maximum absolute atomic E-state index is 12.2. The van der Waals surface area contributed by atoms with E-state index in [0.29, 0.717) is 19.8 Å². The van der Waals surface area contributed by atoms with Gasteiger partial charge in [-0.25, -0.2) is 8.42 Å². The van der Waals surface area contributed by atoms with Crippen molar-refractivity contribution in [2.45, 2.75) is 19.4 Å². The highest BCUT2D eigenvalue weighted by Gasteiger charge is 2.40. The van der Waals surface area contributed by atoms with Gasteiger partial charge < -0.3 is 14.7 Å². The van der Waals surface area contributed by atoms with Crippen LogP contribution in [0.4, 0.5) is 0 Å². The molecule has 1 fully saturated rings. The van der Waals surface area contributed by atoms with Gasteiger partial charge in [0.25, 0.3) is 0 Å². The largest absolute Gasteiger partial charge is 0.481 e. The molecule has 1 atom stereocenters. The average Bonchev–Trinajstić information content (AvgIpc) is 2.32. The molecule has 0 radical (unpaired) electrons. The summed E-state index contributed by atoms with van der Waals surface area (Å²) in [4.78, 5) is 24.5. The van der Waals surface area contributed by atoms with E-state index in [-0.39, 0.29) is 13.1 Å². The summed E-state index contributed by atoms with van der Waals surface area (Å²) in [5, 5.41) is 8.85. The summed E-state index contributed by atoms with van der Waals surface area (Å²) in [5.74, 6) is -1.69. The molecule has 0 spiro atoms. The highest BCUT2D eigenvalue weighted by Crippen LogP contribution is 2.17. The molecule has 0 aromatic rings. The molecule has 0 bridgehead atoms. The van der Waals surface area contributed by atoms with E-state index >= 15 is 0 Å². The molecule has 0 aromatic heterocycles. The number of rotatable bonds is 7. The van der Waals surface area contributed by atoms with E-state index < -0.39 is 34.4 Å². The van der Waals surface area contributed by atoms with Crippen LogP contribution in [0.5, 0.6) is 0 Å². The van der Waals surface area contributed by atoms with Gasteiger partial charge in [-0.1, -0.05) is 0 Å². The van der Waals surface area contributed by atoms with Crippen molar-refractivity contribution in [3.05, 3.63) is 0 Å². The van der Waals surface area contributed by atoms with Crippen molar-refractivity contribution in [3.63, 3.8) is 0 Å². The minimum absolute atomic E-state index is 0.106. The van der Waals surface area contributed by atoms with E-state index in [1.54, 1.807) is 0 Å². The highest BCUT2D eigenvalue weighted by molar-refractivity contribution is 7.88. The van der Waals surface area contributed by atoms with Crippen LogP contribution < -0.4 is 0 Å². The molecule has 9 heteroatoms. The standard InChI is InChI=1S/C11H20N2O6S/c1-3-19-7-6-12-4-5-13(20(2,17)18)9(11(12)16)8-10(14)15/h9H,3-8H2,1-2H3,(H,14,15). The Labute approximate surface area is 118 Å². The Bertz CT molecular complexity index is 464. The Morgan fingerprint density at radius 3 is 2.60 bits per heavy atom. The van der Waals surface area contributed by atoms with Gasteiger partial charge >= 0.3 is 5.97 Å². The van der Waals surface area contributed by atoms with Crippen LogP contribution in [0.2, 0.25) is 0 Å². The molecule has 20 heavy (non-hydrogen) atoms. The van der Waals surface area contributed by atoms with Crippen molar-refractivity contribution in [2.75, 3.05) is 39.1 Å². The summed E-state index contributed by atoms with van der Waals surface area (Å²) in [5.41, 5.74) is 0. The average molecular weight is 308 g/mol. The smallest absolute Gasteiger partial charge is 0.305 e. The number of hydrogen-bond donors (Lipinski definition) is 1. The zero-order chi connectivity index (χ0) is 15.3. The molecule has 0 aliphatic carbocycles. The lowest BCUT2D eigenvalue weighted by Gasteiger charge is -2.38. The van der Waals surface area contributed by atoms with Crippen LogP contribution >= 0.6 is 0 Å². The molecule has 1 saturated heterocycles.